The van der Waals surface area contributed by atoms with E-state index in [9.17, 15) is 18.4 Å². The number of carbonyl (C=O) groups excluding carboxylic acids is 2. The molecule has 0 fully saturated rings. The zero-order valence-electron chi connectivity index (χ0n) is 11.0. The fourth-order valence-electron chi connectivity index (χ4n) is 2.29. The quantitative estimate of drug-likeness (QED) is 0.668. The summed E-state index contributed by atoms with van der Waals surface area (Å²) in [4.78, 5) is 23.6. The number of hydrogen-bond acceptors (Lipinski definition) is 2. The first kappa shape index (κ1) is 14.4. The van der Waals surface area contributed by atoms with E-state index in [0.717, 1.165) is 10.6 Å². The molecule has 3 rings (SSSR count). The number of halogens is 3. The van der Waals surface area contributed by atoms with Crippen LogP contribution >= 0.6 is 11.6 Å². The third kappa shape index (κ3) is 2.19. The zero-order valence-corrected chi connectivity index (χ0v) is 11.8. The molecule has 0 atom stereocenters. The molecule has 0 saturated heterocycles. The van der Waals surface area contributed by atoms with Gasteiger partial charge in [-0.25, -0.2) is 8.78 Å². The summed E-state index contributed by atoms with van der Waals surface area (Å²) in [6.07, 6.45) is 1.86. The maximum Gasteiger partial charge on any atom is 0.265 e. The van der Waals surface area contributed by atoms with Crippen molar-refractivity contribution in [3.63, 3.8) is 0 Å². The predicted molar refractivity (Wildman–Crippen MR) is 78.4 cm³/mol. The number of rotatable bonds is 2. The monoisotopic (exact) mass is 319 g/mol. The number of benzene rings is 2. The van der Waals surface area contributed by atoms with Gasteiger partial charge < -0.3 is 0 Å². The fourth-order valence-corrected chi connectivity index (χ4v) is 2.45. The summed E-state index contributed by atoms with van der Waals surface area (Å²) in [6, 6.07) is 8.00. The Kier molecular flexibility index (Phi) is 3.50. The van der Waals surface area contributed by atoms with Gasteiger partial charge in [0.05, 0.1) is 11.1 Å². The summed E-state index contributed by atoms with van der Waals surface area (Å²) in [6.45, 7) is 0. The van der Waals surface area contributed by atoms with Gasteiger partial charge in [-0.1, -0.05) is 23.7 Å². The van der Waals surface area contributed by atoms with Crippen LogP contribution in [-0.4, -0.2) is 16.8 Å². The van der Waals surface area contributed by atoms with E-state index in [1.807, 2.05) is 0 Å². The van der Waals surface area contributed by atoms with Gasteiger partial charge >= 0.3 is 0 Å². The zero-order chi connectivity index (χ0) is 15.9. The van der Waals surface area contributed by atoms with Crippen molar-refractivity contribution in [2.75, 3.05) is 0 Å². The van der Waals surface area contributed by atoms with Gasteiger partial charge in [0.2, 0.25) is 0 Å². The van der Waals surface area contributed by atoms with Gasteiger partial charge in [0, 0.05) is 22.2 Å². The Morgan fingerprint density at radius 2 is 1.95 bits per heavy atom. The molecule has 1 aromatic heterocycles. The molecule has 0 radical (unpaired) electrons. The van der Waals surface area contributed by atoms with Crippen LogP contribution in [0.2, 0.25) is 5.02 Å². The molecule has 0 bridgehead atoms. The Balaban J connectivity index is 2.25. The molecule has 0 amide bonds. The summed E-state index contributed by atoms with van der Waals surface area (Å²) in [5.74, 6) is -3.13. The first-order chi connectivity index (χ1) is 10.5. The Hall–Kier alpha value is -2.53. The van der Waals surface area contributed by atoms with E-state index < -0.39 is 23.1 Å². The minimum Gasteiger partial charge on any atom is -0.298 e. The van der Waals surface area contributed by atoms with Crippen molar-refractivity contribution in [1.29, 1.82) is 0 Å². The molecule has 6 heteroatoms. The number of hydrogen-bond donors (Lipinski definition) is 0. The van der Waals surface area contributed by atoms with Crippen molar-refractivity contribution in [2.24, 2.45) is 0 Å². The third-order valence-electron chi connectivity index (χ3n) is 3.33. The van der Waals surface area contributed by atoms with Crippen molar-refractivity contribution < 1.29 is 18.4 Å². The van der Waals surface area contributed by atoms with Gasteiger partial charge in [0.1, 0.15) is 0 Å². The smallest absolute Gasteiger partial charge is 0.265 e. The van der Waals surface area contributed by atoms with Crippen LogP contribution in [0.15, 0.2) is 42.6 Å². The molecular formula is C16H8ClF2NO2. The highest BCUT2D eigenvalue weighted by Gasteiger charge is 2.20. The minimum atomic E-state index is -1.23. The van der Waals surface area contributed by atoms with Crippen molar-refractivity contribution in [1.82, 2.24) is 4.57 Å². The van der Waals surface area contributed by atoms with Gasteiger partial charge in [-0.2, -0.15) is 0 Å². The van der Waals surface area contributed by atoms with Crippen LogP contribution in [0.5, 0.6) is 0 Å². The summed E-state index contributed by atoms with van der Waals surface area (Å²) in [5.41, 5.74) is 0.189. The molecule has 0 aliphatic rings. The molecule has 1 heterocycles. The van der Waals surface area contributed by atoms with Crippen molar-refractivity contribution in [3.8, 4) is 0 Å². The second-order valence-electron chi connectivity index (χ2n) is 4.64. The van der Waals surface area contributed by atoms with Crippen molar-refractivity contribution in [2.45, 2.75) is 0 Å². The second-order valence-corrected chi connectivity index (χ2v) is 5.08. The molecule has 2 aromatic carbocycles. The highest BCUT2D eigenvalue weighted by Crippen LogP contribution is 2.25. The van der Waals surface area contributed by atoms with Gasteiger partial charge in [-0.05, 0) is 24.3 Å². The van der Waals surface area contributed by atoms with E-state index in [1.54, 1.807) is 12.1 Å². The average Bonchev–Trinajstić information content (AvgIpc) is 2.87. The van der Waals surface area contributed by atoms with Crippen LogP contribution in [0, 0.1) is 11.6 Å². The Morgan fingerprint density at radius 3 is 2.68 bits per heavy atom. The molecule has 0 unspecified atom stereocenters. The lowest BCUT2D eigenvalue weighted by Crippen LogP contribution is -2.13. The summed E-state index contributed by atoms with van der Waals surface area (Å²) in [7, 11) is 0. The molecule has 0 N–H and O–H groups in total. The fraction of sp³-hybridized carbons (Fsp3) is 0. The van der Waals surface area contributed by atoms with Crippen LogP contribution in [-0.2, 0) is 0 Å². The summed E-state index contributed by atoms with van der Waals surface area (Å²) >= 11 is 5.90. The Labute approximate surface area is 128 Å². The molecule has 110 valence electrons. The maximum atomic E-state index is 13.8. The van der Waals surface area contributed by atoms with E-state index in [2.05, 4.69) is 0 Å². The van der Waals surface area contributed by atoms with Crippen molar-refractivity contribution >= 4 is 34.7 Å². The number of aromatic nitrogens is 1. The van der Waals surface area contributed by atoms with E-state index in [4.69, 9.17) is 11.6 Å². The van der Waals surface area contributed by atoms with Gasteiger partial charge in [-0.15, -0.1) is 0 Å². The summed E-state index contributed by atoms with van der Waals surface area (Å²) in [5, 5.41) is 0.862. The number of carbonyl (C=O) groups is 2. The van der Waals surface area contributed by atoms with Crippen LogP contribution < -0.4 is 0 Å². The van der Waals surface area contributed by atoms with Gasteiger partial charge in [0.25, 0.3) is 5.91 Å². The van der Waals surface area contributed by atoms with E-state index in [-0.39, 0.29) is 5.56 Å². The Morgan fingerprint density at radius 1 is 1.18 bits per heavy atom. The average molecular weight is 320 g/mol. The molecule has 0 spiro atoms. The first-order valence-corrected chi connectivity index (χ1v) is 6.65. The lowest BCUT2D eigenvalue weighted by molar-refractivity contribution is 0.0960. The number of nitrogens with zero attached hydrogens (tertiary/aromatic N) is 1. The number of aldehydes is 1. The molecule has 0 aliphatic heterocycles. The second kappa shape index (κ2) is 5.35. The lowest BCUT2D eigenvalue weighted by atomic mass is 10.2. The topological polar surface area (TPSA) is 39.1 Å². The highest BCUT2D eigenvalue weighted by atomic mass is 35.5. The highest BCUT2D eigenvalue weighted by molar-refractivity contribution is 6.31. The van der Waals surface area contributed by atoms with Crippen LogP contribution in [0.3, 0.4) is 0 Å². The molecular weight excluding hydrogens is 312 g/mol. The molecule has 3 nitrogen and oxygen atoms in total. The van der Waals surface area contributed by atoms with Gasteiger partial charge in [-0.3, -0.25) is 14.2 Å². The van der Waals surface area contributed by atoms with Crippen LogP contribution in [0.1, 0.15) is 20.7 Å². The van der Waals surface area contributed by atoms with Crippen molar-refractivity contribution in [3.05, 3.63) is 70.4 Å². The third-order valence-corrected chi connectivity index (χ3v) is 3.56. The SMILES string of the molecule is O=Cc1cn(C(=O)c2cccc(F)c2F)c2cc(Cl)ccc12. The first-order valence-electron chi connectivity index (χ1n) is 6.27. The van der Waals surface area contributed by atoms with E-state index >= 15 is 0 Å². The lowest BCUT2D eigenvalue weighted by Gasteiger charge is -2.06. The standard InChI is InChI=1S/C16H8ClF2NO2/c17-10-4-5-11-9(8-21)7-20(14(11)6-10)16(22)12-2-1-3-13(18)15(12)19/h1-8H. The number of fused-ring (bicyclic) bond motifs is 1. The maximum absolute atomic E-state index is 13.8. The Bertz CT molecular complexity index is 918. The van der Waals surface area contributed by atoms with Crippen LogP contribution in [0.4, 0.5) is 8.78 Å². The van der Waals surface area contributed by atoms with Gasteiger partial charge in [0.15, 0.2) is 17.9 Å². The largest absolute Gasteiger partial charge is 0.298 e. The minimum absolute atomic E-state index is 0.261. The normalized spacial score (nSPS) is 10.9. The predicted octanol–water partition coefficient (Wildman–Crippen LogP) is 4.07. The van der Waals surface area contributed by atoms with Crippen LogP contribution in [0.25, 0.3) is 10.9 Å². The molecule has 0 saturated carbocycles. The molecule has 0 aliphatic carbocycles. The van der Waals surface area contributed by atoms with E-state index in [0.29, 0.717) is 22.2 Å². The molecule has 22 heavy (non-hydrogen) atoms. The summed E-state index contributed by atoms with van der Waals surface area (Å²) < 4.78 is 28.2. The van der Waals surface area contributed by atoms with E-state index in [1.165, 1.54) is 24.4 Å². The molecule has 3 aromatic rings.